The SMILES string of the molecule is Brc1cc(CNCC2CCSCC2)cs1. The van der Waals surface area contributed by atoms with Gasteiger partial charge in [0.25, 0.3) is 0 Å². The lowest BCUT2D eigenvalue weighted by Gasteiger charge is -2.21. The van der Waals surface area contributed by atoms with E-state index in [0.717, 1.165) is 12.5 Å². The van der Waals surface area contributed by atoms with Crippen LogP contribution < -0.4 is 5.32 Å². The number of halogens is 1. The van der Waals surface area contributed by atoms with Gasteiger partial charge in [-0.05, 0) is 69.7 Å². The summed E-state index contributed by atoms with van der Waals surface area (Å²) in [6.45, 7) is 2.21. The molecule has 15 heavy (non-hydrogen) atoms. The van der Waals surface area contributed by atoms with Crippen LogP contribution in [0.5, 0.6) is 0 Å². The molecule has 0 saturated carbocycles. The number of nitrogens with one attached hydrogen (secondary N) is 1. The van der Waals surface area contributed by atoms with E-state index in [1.165, 1.54) is 40.2 Å². The fourth-order valence-electron chi connectivity index (χ4n) is 1.81. The second-order valence-corrected chi connectivity index (χ2v) is 7.46. The second kappa shape index (κ2) is 6.28. The molecular formula is C11H16BrNS2. The highest BCUT2D eigenvalue weighted by molar-refractivity contribution is 9.11. The van der Waals surface area contributed by atoms with Gasteiger partial charge in [0.15, 0.2) is 0 Å². The monoisotopic (exact) mass is 305 g/mol. The van der Waals surface area contributed by atoms with Crippen LogP contribution in [-0.4, -0.2) is 18.1 Å². The third-order valence-corrected chi connectivity index (χ3v) is 5.33. The Hall–Kier alpha value is 0.490. The van der Waals surface area contributed by atoms with Gasteiger partial charge in [0.05, 0.1) is 3.79 Å². The highest BCUT2D eigenvalue weighted by Gasteiger charge is 2.12. The molecule has 1 saturated heterocycles. The molecular weight excluding hydrogens is 290 g/mol. The number of hydrogen-bond acceptors (Lipinski definition) is 3. The molecule has 84 valence electrons. The first-order valence-electron chi connectivity index (χ1n) is 5.36. The van der Waals surface area contributed by atoms with Gasteiger partial charge in [-0.15, -0.1) is 11.3 Å². The summed E-state index contributed by atoms with van der Waals surface area (Å²) in [5, 5.41) is 5.78. The van der Waals surface area contributed by atoms with E-state index in [9.17, 15) is 0 Å². The zero-order valence-corrected chi connectivity index (χ0v) is 11.9. The largest absolute Gasteiger partial charge is 0.312 e. The smallest absolute Gasteiger partial charge is 0.0701 e. The molecule has 2 rings (SSSR count). The van der Waals surface area contributed by atoms with Crippen LogP contribution >= 0.6 is 39.0 Å². The topological polar surface area (TPSA) is 12.0 Å². The molecule has 0 aliphatic carbocycles. The maximum Gasteiger partial charge on any atom is 0.0701 e. The van der Waals surface area contributed by atoms with Crippen molar-refractivity contribution in [3.8, 4) is 0 Å². The summed E-state index contributed by atoms with van der Waals surface area (Å²) in [5.41, 5.74) is 1.40. The van der Waals surface area contributed by atoms with E-state index in [4.69, 9.17) is 0 Å². The molecule has 1 fully saturated rings. The molecule has 1 N–H and O–H groups in total. The number of thioether (sulfide) groups is 1. The minimum Gasteiger partial charge on any atom is -0.312 e. The summed E-state index contributed by atoms with van der Waals surface area (Å²) in [6.07, 6.45) is 2.79. The zero-order valence-electron chi connectivity index (χ0n) is 8.67. The van der Waals surface area contributed by atoms with E-state index < -0.39 is 0 Å². The van der Waals surface area contributed by atoms with Gasteiger partial charge in [-0.3, -0.25) is 0 Å². The Morgan fingerprint density at radius 2 is 2.20 bits per heavy atom. The van der Waals surface area contributed by atoms with Gasteiger partial charge in [0, 0.05) is 6.54 Å². The van der Waals surface area contributed by atoms with Crippen LogP contribution in [0.3, 0.4) is 0 Å². The van der Waals surface area contributed by atoms with Gasteiger partial charge < -0.3 is 5.32 Å². The van der Waals surface area contributed by atoms with E-state index in [1.807, 2.05) is 0 Å². The minimum absolute atomic E-state index is 0.910. The lowest BCUT2D eigenvalue weighted by atomic mass is 10.0. The summed E-state index contributed by atoms with van der Waals surface area (Å²) in [7, 11) is 0. The fourth-order valence-corrected chi connectivity index (χ4v) is 4.22. The molecule has 2 heterocycles. The van der Waals surface area contributed by atoms with E-state index in [-0.39, 0.29) is 0 Å². The Kier molecular flexibility index (Phi) is 5.01. The van der Waals surface area contributed by atoms with Crippen LogP contribution in [0.2, 0.25) is 0 Å². The molecule has 1 aromatic rings. The third-order valence-electron chi connectivity index (χ3n) is 2.72. The molecule has 1 aliphatic rings. The minimum atomic E-state index is 0.910. The van der Waals surface area contributed by atoms with E-state index >= 15 is 0 Å². The third kappa shape index (κ3) is 4.10. The molecule has 1 aliphatic heterocycles. The number of thiophene rings is 1. The summed E-state index contributed by atoms with van der Waals surface area (Å²) in [5.74, 6) is 3.63. The van der Waals surface area contributed by atoms with Crippen molar-refractivity contribution >= 4 is 39.0 Å². The summed E-state index contributed by atoms with van der Waals surface area (Å²) < 4.78 is 1.23. The van der Waals surface area contributed by atoms with Crippen LogP contribution in [0, 0.1) is 5.92 Å². The van der Waals surface area contributed by atoms with Crippen LogP contribution in [0.4, 0.5) is 0 Å². The van der Waals surface area contributed by atoms with E-state index in [2.05, 4.69) is 44.5 Å². The molecule has 1 nitrogen and oxygen atoms in total. The molecule has 0 aromatic carbocycles. The maximum atomic E-state index is 3.56. The average molecular weight is 306 g/mol. The molecule has 0 atom stereocenters. The first-order chi connectivity index (χ1) is 7.34. The van der Waals surface area contributed by atoms with Crippen molar-refractivity contribution in [1.82, 2.24) is 5.32 Å². The van der Waals surface area contributed by atoms with Crippen LogP contribution in [0.25, 0.3) is 0 Å². The summed E-state index contributed by atoms with van der Waals surface area (Å²) in [4.78, 5) is 0. The molecule has 0 bridgehead atoms. The lowest BCUT2D eigenvalue weighted by Crippen LogP contribution is -2.25. The Morgan fingerprint density at radius 3 is 2.87 bits per heavy atom. The van der Waals surface area contributed by atoms with Gasteiger partial charge in [0.1, 0.15) is 0 Å². The van der Waals surface area contributed by atoms with Gasteiger partial charge in [-0.1, -0.05) is 0 Å². The molecule has 1 aromatic heterocycles. The second-order valence-electron chi connectivity index (χ2n) is 3.95. The van der Waals surface area contributed by atoms with Gasteiger partial charge in [-0.2, -0.15) is 11.8 Å². The Bertz CT molecular complexity index is 295. The molecule has 0 unspecified atom stereocenters. The van der Waals surface area contributed by atoms with Gasteiger partial charge in [-0.25, -0.2) is 0 Å². The average Bonchev–Trinajstić information content (AvgIpc) is 2.66. The molecule has 0 spiro atoms. The molecule has 4 heteroatoms. The van der Waals surface area contributed by atoms with Crippen molar-refractivity contribution in [2.45, 2.75) is 19.4 Å². The van der Waals surface area contributed by atoms with Crippen molar-refractivity contribution < 1.29 is 0 Å². The zero-order chi connectivity index (χ0) is 10.5. The van der Waals surface area contributed by atoms with Crippen LogP contribution in [-0.2, 0) is 6.54 Å². The fraction of sp³-hybridized carbons (Fsp3) is 0.636. The Labute approximate surface area is 108 Å². The number of rotatable bonds is 4. The Balaban J connectivity index is 1.65. The van der Waals surface area contributed by atoms with E-state index in [0.29, 0.717) is 0 Å². The molecule has 0 radical (unpaired) electrons. The van der Waals surface area contributed by atoms with Crippen molar-refractivity contribution in [2.24, 2.45) is 5.92 Å². The predicted molar refractivity (Wildman–Crippen MR) is 73.8 cm³/mol. The Morgan fingerprint density at radius 1 is 1.40 bits per heavy atom. The number of hydrogen-bond donors (Lipinski definition) is 1. The van der Waals surface area contributed by atoms with Crippen molar-refractivity contribution in [3.63, 3.8) is 0 Å². The quantitative estimate of drug-likeness (QED) is 0.909. The van der Waals surface area contributed by atoms with Gasteiger partial charge in [0.2, 0.25) is 0 Å². The van der Waals surface area contributed by atoms with Crippen molar-refractivity contribution in [1.29, 1.82) is 0 Å². The summed E-state index contributed by atoms with van der Waals surface area (Å²) in [6, 6.07) is 2.20. The molecule has 0 amide bonds. The highest BCUT2D eigenvalue weighted by Crippen LogP contribution is 2.23. The van der Waals surface area contributed by atoms with Crippen LogP contribution in [0.1, 0.15) is 18.4 Å². The lowest BCUT2D eigenvalue weighted by molar-refractivity contribution is 0.448. The van der Waals surface area contributed by atoms with E-state index in [1.54, 1.807) is 11.3 Å². The predicted octanol–water partition coefficient (Wildman–Crippen LogP) is 3.74. The standard InChI is InChI=1S/C11H16BrNS2/c12-11-5-10(8-15-11)7-13-6-9-1-3-14-4-2-9/h5,8-9,13H,1-4,6-7H2. The first kappa shape index (κ1) is 12.0. The van der Waals surface area contributed by atoms with Crippen molar-refractivity contribution in [3.05, 3.63) is 20.8 Å². The highest BCUT2D eigenvalue weighted by atomic mass is 79.9. The van der Waals surface area contributed by atoms with Gasteiger partial charge >= 0.3 is 0 Å². The van der Waals surface area contributed by atoms with Crippen LogP contribution in [0.15, 0.2) is 15.2 Å². The first-order valence-corrected chi connectivity index (χ1v) is 8.18. The van der Waals surface area contributed by atoms with Crippen molar-refractivity contribution in [2.75, 3.05) is 18.1 Å². The summed E-state index contributed by atoms with van der Waals surface area (Å²) >= 11 is 7.35. The normalized spacial score (nSPS) is 18.2. The maximum absolute atomic E-state index is 3.56.